The molecule has 0 unspecified atom stereocenters. The Morgan fingerprint density at radius 2 is 1.75 bits per heavy atom. The largest absolute Gasteiger partial charge is 0.486 e. The van der Waals surface area contributed by atoms with Crippen molar-refractivity contribution in [3.05, 3.63) is 76.6 Å². The van der Waals surface area contributed by atoms with Gasteiger partial charge < -0.3 is 9.15 Å². The highest BCUT2D eigenvalue weighted by Gasteiger charge is 2.07. The van der Waals surface area contributed by atoms with Gasteiger partial charge in [-0.2, -0.15) is 0 Å². The first-order valence-electron chi connectivity index (χ1n) is 6.48. The van der Waals surface area contributed by atoms with Crippen molar-refractivity contribution < 1.29 is 9.15 Å². The van der Waals surface area contributed by atoms with Gasteiger partial charge in [0.05, 0.1) is 0 Å². The monoisotopic (exact) mass is 266 g/mol. The summed E-state index contributed by atoms with van der Waals surface area (Å²) in [6, 6.07) is 18.6. The van der Waals surface area contributed by atoms with Gasteiger partial charge in [-0.3, -0.25) is 0 Å². The van der Waals surface area contributed by atoms with Crippen LogP contribution in [0.25, 0.3) is 11.0 Å². The summed E-state index contributed by atoms with van der Waals surface area (Å²) in [6.45, 7) is 1.99. The van der Waals surface area contributed by atoms with Crippen LogP contribution < -0.4 is 10.4 Å². The van der Waals surface area contributed by atoms with Crippen LogP contribution >= 0.6 is 0 Å². The average molecular weight is 266 g/mol. The standard InChI is InChI=1S/C17H14O3/c1-12(13-5-3-2-4-6-13)19-15-9-7-14-8-10-17(18)20-16(14)11-15/h2-12H,1H3/t12-/m0/s1. The smallest absolute Gasteiger partial charge is 0.336 e. The van der Waals surface area contributed by atoms with Crippen molar-refractivity contribution in [3.8, 4) is 5.75 Å². The van der Waals surface area contributed by atoms with E-state index in [2.05, 4.69) is 0 Å². The third-order valence-corrected chi connectivity index (χ3v) is 3.18. The summed E-state index contributed by atoms with van der Waals surface area (Å²) < 4.78 is 11.0. The van der Waals surface area contributed by atoms with Crippen molar-refractivity contribution in [2.75, 3.05) is 0 Å². The summed E-state index contributed by atoms with van der Waals surface area (Å²) >= 11 is 0. The molecule has 0 spiro atoms. The zero-order valence-electron chi connectivity index (χ0n) is 11.1. The SMILES string of the molecule is C[C@H](Oc1ccc2ccc(=O)oc2c1)c1ccccc1. The molecule has 3 heteroatoms. The number of fused-ring (bicyclic) bond motifs is 1. The highest BCUT2D eigenvalue weighted by Crippen LogP contribution is 2.24. The number of rotatable bonds is 3. The van der Waals surface area contributed by atoms with Crippen LogP contribution in [0.15, 0.2) is 69.9 Å². The molecule has 0 radical (unpaired) electrons. The Bertz CT molecular complexity index is 775. The van der Waals surface area contributed by atoms with E-state index in [1.54, 1.807) is 12.1 Å². The fraction of sp³-hybridized carbons (Fsp3) is 0.118. The molecule has 1 aromatic heterocycles. The average Bonchev–Trinajstić information content (AvgIpc) is 2.47. The molecule has 0 N–H and O–H groups in total. The Hall–Kier alpha value is -2.55. The van der Waals surface area contributed by atoms with Crippen LogP contribution in [-0.4, -0.2) is 0 Å². The van der Waals surface area contributed by atoms with Crippen LogP contribution in [-0.2, 0) is 0 Å². The molecule has 1 atom stereocenters. The van der Waals surface area contributed by atoms with Gasteiger partial charge in [0, 0.05) is 17.5 Å². The Morgan fingerprint density at radius 3 is 2.55 bits per heavy atom. The lowest BCUT2D eigenvalue weighted by Gasteiger charge is -2.15. The molecule has 0 aliphatic rings. The van der Waals surface area contributed by atoms with E-state index in [-0.39, 0.29) is 11.7 Å². The van der Waals surface area contributed by atoms with E-state index < -0.39 is 0 Å². The Balaban J connectivity index is 1.89. The summed E-state index contributed by atoms with van der Waals surface area (Å²) in [5, 5.41) is 0.879. The molecule has 100 valence electrons. The molecule has 0 fully saturated rings. The fourth-order valence-electron chi connectivity index (χ4n) is 2.11. The molecule has 0 saturated heterocycles. The van der Waals surface area contributed by atoms with Gasteiger partial charge >= 0.3 is 5.63 Å². The first-order valence-corrected chi connectivity index (χ1v) is 6.48. The first kappa shape index (κ1) is 12.5. The highest BCUT2D eigenvalue weighted by atomic mass is 16.5. The maximum Gasteiger partial charge on any atom is 0.336 e. The zero-order valence-corrected chi connectivity index (χ0v) is 11.1. The van der Waals surface area contributed by atoms with E-state index in [1.165, 1.54) is 6.07 Å². The predicted octanol–water partition coefficient (Wildman–Crippen LogP) is 3.93. The third kappa shape index (κ3) is 2.57. The topological polar surface area (TPSA) is 39.4 Å². The zero-order chi connectivity index (χ0) is 13.9. The lowest BCUT2D eigenvalue weighted by Crippen LogP contribution is -2.03. The van der Waals surface area contributed by atoms with E-state index in [9.17, 15) is 4.79 Å². The van der Waals surface area contributed by atoms with Crippen molar-refractivity contribution in [2.45, 2.75) is 13.0 Å². The second-order valence-corrected chi connectivity index (χ2v) is 4.62. The minimum atomic E-state index is -0.356. The lowest BCUT2D eigenvalue weighted by molar-refractivity contribution is 0.227. The number of ether oxygens (including phenoxy) is 1. The predicted molar refractivity (Wildman–Crippen MR) is 78.0 cm³/mol. The maximum absolute atomic E-state index is 11.2. The minimum Gasteiger partial charge on any atom is -0.486 e. The molecule has 3 rings (SSSR count). The van der Waals surface area contributed by atoms with Crippen molar-refractivity contribution in [1.82, 2.24) is 0 Å². The fourth-order valence-corrected chi connectivity index (χ4v) is 2.11. The van der Waals surface area contributed by atoms with Crippen LogP contribution in [0.4, 0.5) is 0 Å². The van der Waals surface area contributed by atoms with Crippen LogP contribution in [0.5, 0.6) is 5.75 Å². The van der Waals surface area contributed by atoms with Gasteiger partial charge in [-0.25, -0.2) is 4.79 Å². The quantitative estimate of drug-likeness (QED) is 0.674. The van der Waals surface area contributed by atoms with Crippen molar-refractivity contribution >= 4 is 11.0 Å². The van der Waals surface area contributed by atoms with E-state index in [4.69, 9.17) is 9.15 Å². The summed E-state index contributed by atoms with van der Waals surface area (Å²) in [5.74, 6) is 0.684. The molecule has 2 aromatic carbocycles. The lowest BCUT2D eigenvalue weighted by atomic mass is 10.1. The Labute approximate surface area is 116 Å². The maximum atomic E-state index is 11.2. The van der Waals surface area contributed by atoms with Crippen molar-refractivity contribution in [1.29, 1.82) is 0 Å². The van der Waals surface area contributed by atoms with E-state index in [0.29, 0.717) is 11.3 Å². The van der Waals surface area contributed by atoms with Gasteiger partial charge in [0.2, 0.25) is 0 Å². The van der Waals surface area contributed by atoms with Crippen molar-refractivity contribution in [2.24, 2.45) is 0 Å². The Morgan fingerprint density at radius 1 is 1.00 bits per heavy atom. The molecule has 1 heterocycles. The minimum absolute atomic E-state index is 0.0657. The van der Waals surface area contributed by atoms with Gasteiger partial charge in [-0.15, -0.1) is 0 Å². The number of benzene rings is 2. The molecule has 0 amide bonds. The molecular weight excluding hydrogens is 252 g/mol. The number of hydrogen-bond donors (Lipinski definition) is 0. The van der Waals surface area contributed by atoms with E-state index in [0.717, 1.165) is 10.9 Å². The molecule has 0 saturated carbocycles. The normalized spacial score (nSPS) is 12.2. The molecule has 3 aromatic rings. The summed E-state index contributed by atoms with van der Waals surface area (Å²) in [7, 11) is 0. The summed E-state index contributed by atoms with van der Waals surface area (Å²) in [5.41, 5.74) is 1.28. The van der Waals surface area contributed by atoms with Crippen molar-refractivity contribution in [3.63, 3.8) is 0 Å². The third-order valence-electron chi connectivity index (χ3n) is 3.18. The second-order valence-electron chi connectivity index (χ2n) is 4.62. The van der Waals surface area contributed by atoms with Gasteiger partial charge in [0.25, 0.3) is 0 Å². The molecular formula is C17H14O3. The highest BCUT2D eigenvalue weighted by molar-refractivity contribution is 5.77. The van der Waals surface area contributed by atoms with Gasteiger partial charge in [0.1, 0.15) is 17.4 Å². The van der Waals surface area contributed by atoms with Gasteiger partial charge in [-0.05, 0) is 30.7 Å². The molecule has 0 aliphatic heterocycles. The van der Waals surface area contributed by atoms with E-state index >= 15 is 0 Å². The molecule has 0 aliphatic carbocycles. The van der Waals surface area contributed by atoms with Gasteiger partial charge in [-0.1, -0.05) is 30.3 Å². The molecule has 3 nitrogen and oxygen atoms in total. The number of hydrogen-bond acceptors (Lipinski definition) is 3. The summed E-state index contributed by atoms with van der Waals surface area (Å²) in [4.78, 5) is 11.2. The molecule has 0 bridgehead atoms. The Kier molecular flexibility index (Phi) is 3.25. The van der Waals surface area contributed by atoms with Crippen LogP contribution in [0, 0.1) is 0 Å². The van der Waals surface area contributed by atoms with Crippen LogP contribution in [0.1, 0.15) is 18.6 Å². The summed E-state index contributed by atoms with van der Waals surface area (Å²) in [6.07, 6.45) is -0.0657. The molecule has 20 heavy (non-hydrogen) atoms. The van der Waals surface area contributed by atoms with Gasteiger partial charge in [0.15, 0.2) is 0 Å². The van der Waals surface area contributed by atoms with Crippen LogP contribution in [0.3, 0.4) is 0 Å². The van der Waals surface area contributed by atoms with Crippen LogP contribution in [0.2, 0.25) is 0 Å². The van der Waals surface area contributed by atoms with E-state index in [1.807, 2.05) is 49.4 Å². The second kappa shape index (κ2) is 5.21. The first-order chi connectivity index (χ1) is 9.72.